The van der Waals surface area contributed by atoms with Crippen molar-refractivity contribution in [3.05, 3.63) is 77.7 Å². The fourth-order valence-corrected chi connectivity index (χ4v) is 2.78. The molecule has 8 nitrogen and oxygen atoms in total. The molecule has 0 saturated carbocycles. The molecule has 0 saturated heterocycles. The number of nitrogens with one attached hydrogen (secondary N) is 1. The van der Waals surface area contributed by atoms with Gasteiger partial charge in [-0.1, -0.05) is 48.0 Å². The molecule has 1 amide bonds. The van der Waals surface area contributed by atoms with E-state index in [1.807, 2.05) is 6.07 Å². The maximum atomic E-state index is 12.2. The van der Waals surface area contributed by atoms with Gasteiger partial charge in [-0.05, 0) is 24.6 Å². The van der Waals surface area contributed by atoms with Crippen LogP contribution in [0, 0.1) is 6.92 Å². The number of benzene rings is 2. The molecule has 0 bridgehead atoms. The highest BCUT2D eigenvalue weighted by atomic mass is 32.2. The normalized spacial score (nSPS) is 11.4. The van der Waals surface area contributed by atoms with Crippen molar-refractivity contribution in [3.63, 3.8) is 0 Å². The second-order valence-electron chi connectivity index (χ2n) is 5.57. The second-order valence-corrected chi connectivity index (χ2v) is 7.15. The van der Waals surface area contributed by atoms with Gasteiger partial charge in [0.1, 0.15) is 17.8 Å². The highest BCUT2D eigenvalue weighted by Crippen LogP contribution is 2.14. The third-order valence-corrected chi connectivity index (χ3v) is 4.66. The van der Waals surface area contributed by atoms with Crippen LogP contribution in [0.4, 0.5) is 4.79 Å². The van der Waals surface area contributed by atoms with Crippen LogP contribution in [-0.2, 0) is 35.2 Å². The van der Waals surface area contributed by atoms with Crippen molar-refractivity contribution in [3.8, 4) is 0 Å². The quantitative estimate of drug-likeness (QED) is 0.326. The first-order valence-corrected chi connectivity index (χ1v) is 9.49. The Morgan fingerprint density at radius 3 is 2.29 bits per heavy atom. The van der Waals surface area contributed by atoms with Gasteiger partial charge in [0.2, 0.25) is 0 Å². The Kier molecular flexibility index (Phi) is 7.16. The van der Waals surface area contributed by atoms with E-state index in [1.165, 1.54) is 12.1 Å². The average Bonchev–Trinajstić information content (AvgIpc) is 2.70. The molecule has 0 aromatic heterocycles. The molecule has 148 valence electrons. The summed E-state index contributed by atoms with van der Waals surface area (Å²) >= 11 is 0. The summed E-state index contributed by atoms with van der Waals surface area (Å²) in [5.41, 5.74) is 1.07. The van der Waals surface area contributed by atoms with Gasteiger partial charge in [0.25, 0.3) is 0 Å². The molecule has 0 aliphatic rings. The lowest BCUT2D eigenvalue weighted by atomic mass is 10.2. The van der Waals surface area contributed by atoms with Gasteiger partial charge in [-0.3, -0.25) is 5.32 Å². The summed E-state index contributed by atoms with van der Waals surface area (Å²) in [6, 6.07) is 14.8. The maximum Gasteiger partial charge on any atom is 0.412 e. The van der Waals surface area contributed by atoms with E-state index in [2.05, 4.69) is 10.1 Å². The largest absolute Gasteiger partial charge is 0.464 e. The summed E-state index contributed by atoms with van der Waals surface area (Å²) in [7, 11) is -3.11. The number of carbonyl (C=O) groups excluding carboxylic acids is 2. The summed E-state index contributed by atoms with van der Waals surface area (Å²) in [6.07, 6.45) is -0.387. The first-order valence-electron chi connectivity index (χ1n) is 8.08. The molecule has 0 unspecified atom stereocenters. The van der Waals surface area contributed by atoms with Crippen molar-refractivity contribution < 1.29 is 31.7 Å². The molecular formula is C19H19NO7S. The molecule has 9 heteroatoms. The molecule has 2 aromatic rings. The Balaban J connectivity index is 2.06. The van der Waals surface area contributed by atoms with Crippen LogP contribution in [-0.4, -0.2) is 27.6 Å². The van der Waals surface area contributed by atoms with Gasteiger partial charge < -0.3 is 13.7 Å². The Hall–Kier alpha value is -3.33. The lowest BCUT2D eigenvalue weighted by molar-refractivity contribution is -0.136. The standard InChI is InChI=1S/C19H19NO7S/c1-14-8-10-16(11-9-14)28(23,24)27-13-17(18(21)25-2)20-19(22)26-12-15-6-4-3-5-7-15/h3-11,13H,12H2,1-2H3,(H,20,22). The summed E-state index contributed by atoms with van der Waals surface area (Å²) in [4.78, 5) is 23.6. The number of hydrogen-bond acceptors (Lipinski definition) is 7. The van der Waals surface area contributed by atoms with Gasteiger partial charge in [0, 0.05) is 0 Å². The van der Waals surface area contributed by atoms with E-state index in [-0.39, 0.29) is 11.5 Å². The highest BCUT2D eigenvalue weighted by Gasteiger charge is 2.19. The van der Waals surface area contributed by atoms with Crippen LogP contribution in [0.25, 0.3) is 0 Å². The van der Waals surface area contributed by atoms with Crippen LogP contribution in [0.5, 0.6) is 0 Å². The van der Waals surface area contributed by atoms with Crippen molar-refractivity contribution in [2.24, 2.45) is 0 Å². The number of hydrogen-bond donors (Lipinski definition) is 1. The number of methoxy groups -OCH3 is 1. The van der Waals surface area contributed by atoms with E-state index in [0.29, 0.717) is 6.26 Å². The Bertz CT molecular complexity index is 952. The van der Waals surface area contributed by atoms with Gasteiger partial charge in [-0.2, -0.15) is 8.42 Å². The summed E-state index contributed by atoms with van der Waals surface area (Å²) in [5, 5.41) is 2.11. The number of aryl methyl sites for hydroxylation is 1. The minimum Gasteiger partial charge on any atom is -0.464 e. The first-order chi connectivity index (χ1) is 13.3. The highest BCUT2D eigenvalue weighted by molar-refractivity contribution is 7.86. The molecule has 0 fully saturated rings. The Labute approximate surface area is 162 Å². The molecule has 28 heavy (non-hydrogen) atoms. The summed E-state index contributed by atoms with van der Waals surface area (Å²) < 4.78 is 38.6. The lowest BCUT2D eigenvalue weighted by Crippen LogP contribution is -2.29. The van der Waals surface area contributed by atoms with E-state index < -0.39 is 27.9 Å². The van der Waals surface area contributed by atoms with E-state index in [9.17, 15) is 18.0 Å². The zero-order valence-electron chi connectivity index (χ0n) is 15.2. The van der Waals surface area contributed by atoms with Crippen LogP contribution >= 0.6 is 0 Å². The first kappa shape index (κ1) is 21.0. The monoisotopic (exact) mass is 405 g/mol. The lowest BCUT2D eigenvalue weighted by Gasteiger charge is -2.10. The van der Waals surface area contributed by atoms with E-state index in [1.54, 1.807) is 43.3 Å². The molecule has 0 aliphatic heterocycles. The fraction of sp³-hybridized carbons (Fsp3) is 0.158. The van der Waals surface area contributed by atoms with E-state index >= 15 is 0 Å². The Morgan fingerprint density at radius 2 is 1.68 bits per heavy atom. The van der Waals surface area contributed by atoms with E-state index in [0.717, 1.165) is 18.2 Å². The molecule has 2 rings (SSSR count). The van der Waals surface area contributed by atoms with E-state index in [4.69, 9.17) is 8.92 Å². The number of ether oxygens (including phenoxy) is 2. The molecule has 0 atom stereocenters. The van der Waals surface area contributed by atoms with Crippen molar-refractivity contribution in [2.75, 3.05) is 7.11 Å². The molecule has 0 aliphatic carbocycles. The molecule has 0 radical (unpaired) electrons. The van der Waals surface area contributed by atoms with Crippen LogP contribution in [0.15, 0.2) is 71.5 Å². The average molecular weight is 405 g/mol. The Morgan fingerprint density at radius 1 is 1.04 bits per heavy atom. The fourth-order valence-electron chi connectivity index (χ4n) is 1.98. The van der Waals surface area contributed by atoms with Crippen LogP contribution < -0.4 is 5.32 Å². The third-order valence-electron chi connectivity index (χ3n) is 3.46. The molecule has 0 spiro atoms. The molecular weight excluding hydrogens is 386 g/mol. The van der Waals surface area contributed by atoms with Gasteiger partial charge in [-0.25, -0.2) is 9.59 Å². The molecule has 2 aromatic carbocycles. The number of carbonyl (C=O) groups is 2. The number of amides is 1. The third kappa shape index (κ3) is 6.13. The topological polar surface area (TPSA) is 108 Å². The SMILES string of the molecule is COC(=O)C(=COS(=O)(=O)c1ccc(C)cc1)NC(=O)OCc1ccccc1. The summed E-state index contributed by atoms with van der Waals surface area (Å²) in [6.45, 7) is 1.77. The number of rotatable bonds is 7. The smallest absolute Gasteiger partial charge is 0.412 e. The van der Waals surface area contributed by atoms with Crippen molar-refractivity contribution >= 4 is 22.2 Å². The number of esters is 1. The molecule has 0 heterocycles. The molecule has 1 N–H and O–H groups in total. The van der Waals surface area contributed by atoms with Gasteiger partial charge in [0.05, 0.1) is 7.11 Å². The second kappa shape index (κ2) is 9.56. The van der Waals surface area contributed by atoms with Crippen LogP contribution in [0.3, 0.4) is 0 Å². The van der Waals surface area contributed by atoms with Gasteiger partial charge in [0.15, 0.2) is 5.70 Å². The zero-order valence-corrected chi connectivity index (χ0v) is 16.1. The van der Waals surface area contributed by atoms with Crippen LogP contribution in [0.2, 0.25) is 0 Å². The maximum absolute atomic E-state index is 12.2. The predicted octanol–water partition coefficient (Wildman–Crippen LogP) is 2.64. The summed E-state index contributed by atoms with van der Waals surface area (Å²) in [5.74, 6) is -1.00. The minimum atomic E-state index is -4.18. The van der Waals surface area contributed by atoms with Gasteiger partial charge >= 0.3 is 22.2 Å². The van der Waals surface area contributed by atoms with Crippen molar-refractivity contribution in [1.82, 2.24) is 5.32 Å². The van der Waals surface area contributed by atoms with Crippen molar-refractivity contribution in [1.29, 1.82) is 0 Å². The predicted molar refractivity (Wildman–Crippen MR) is 99.3 cm³/mol. The van der Waals surface area contributed by atoms with Crippen LogP contribution in [0.1, 0.15) is 11.1 Å². The zero-order chi connectivity index (χ0) is 20.6. The number of alkyl carbamates (subject to hydrolysis) is 1. The van der Waals surface area contributed by atoms with Crippen molar-refractivity contribution in [2.45, 2.75) is 18.4 Å². The van der Waals surface area contributed by atoms with Gasteiger partial charge in [-0.15, -0.1) is 0 Å². The minimum absolute atomic E-state index is 0.0380.